The maximum Gasteiger partial charge on any atom is 0.224 e. The quantitative estimate of drug-likeness (QED) is 0.825. The van der Waals surface area contributed by atoms with E-state index in [2.05, 4.69) is 21.2 Å². The number of sulfone groups is 1. The summed E-state index contributed by atoms with van der Waals surface area (Å²) in [5, 5.41) is 2.14. The standard InChI is InChI=1S/C12H13BrClNO3S/c13-9-3-1-2-8(4-9)5-12(16)15-11-7-19(17,18)6-10(11)14/h1-4,10-11H,5-7H2,(H,15,16). The number of carbonyl (C=O) groups excluding carboxylic acids is 1. The second kappa shape index (κ2) is 5.81. The van der Waals surface area contributed by atoms with Crippen LogP contribution in [-0.4, -0.2) is 37.2 Å². The van der Waals surface area contributed by atoms with Gasteiger partial charge in [0.2, 0.25) is 5.91 Å². The van der Waals surface area contributed by atoms with Gasteiger partial charge in [-0.15, -0.1) is 11.6 Å². The van der Waals surface area contributed by atoms with Crippen LogP contribution in [0, 0.1) is 0 Å². The lowest BCUT2D eigenvalue weighted by molar-refractivity contribution is -0.120. The Morgan fingerprint density at radius 2 is 2.16 bits per heavy atom. The van der Waals surface area contributed by atoms with E-state index in [0.717, 1.165) is 10.0 Å². The summed E-state index contributed by atoms with van der Waals surface area (Å²) in [6.45, 7) is 0. The minimum Gasteiger partial charge on any atom is -0.351 e. The first-order valence-corrected chi connectivity index (χ1v) is 8.79. The molecule has 1 saturated heterocycles. The van der Waals surface area contributed by atoms with Gasteiger partial charge in [0, 0.05) is 4.47 Å². The van der Waals surface area contributed by atoms with Crippen molar-refractivity contribution in [1.29, 1.82) is 0 Å². The van der Waals surface area contributed by atoms with E-state index >= 15 is 0 Å². The van der Waals surface area contributed by atoms with Gasteiger partial charge in [-0.25, -0.2) is 8.42 Å². The molecular formula is C12H13BrClNO3S. The summed E-state index contributed by atoms with van der Waals surface area (Å²) in [4.78, 5) is 11.9. The third-order valence-electron chi connectivity index (χ3n) is 2.88. The number of benzene rings is 1. The Kier molecular flexibility index (Phi) is 4.53. The Bertz CT molecular complexity index is 590. The zero-order valence-corrected chi connectivity index (χ0v) is 13.1. The summed E-state index contributed by atoms with van der Waals surface area (Å²) in [5.74, 6) is -0.368. The van der Waals surface area contributed by atoms with E-state index in [1.54, 1.807) is 0 Å². The number of rotatable bonds is 3. The molecule has 2 rings (SSSR count). The van der Waals surface area contributed by atoms with Gasteiger partial charge in [-0.05, 0) is 17.7 Å². The highest BCUT2D eigenvalue weighted by molar-refractivity contribution is 9.10. The van der Waals surface area contributed by atoms with Crippen LogP contribution in [-0.2, 0) is 21.1 Å². The van der Waals surface area contributed by atoms with E-state index < -0.39 is 21.3 Å². The van der Waals surface area contributed by atoms with E-state index in [4.69, 9.17) is 11.6 Å². The Balaban J connectivity index is 1.95. The Morgan fingerprint density at radius 3 is 2.74 bits per heavy atom. The lowest BCUT2D eigenvalue weighted by atomic mass is 10.1. The first-order chi connectivity index (χ1) is 8.85. The third-order valence-corrected chi connectivity index (χ3v) is 5.75. The second-order valence-electron chi connectivity index (χ2n) is 4.57. The summed E-state index contributed by atoms with van der Waals surface area (Å²) >= 11 is 9.27. The largest absolute Gasteiger partial charge is 0.351 e. The summed E-state index contributed by atoms with van der Waals surface area (Å²) in [5.41, 5.74) is 0.860. The Hall–Kier alpha value is -0.590. The van der Waals surface area contributed by atoms with E-state index in [1.807, 2.05) is 24.3 Å². The molecule has 1 heterocycles. The van der Waals surface area contributed by atoms with Crippen LogP contribution in [0.5, 0.6) is 0 Å². The zero-order valence-electron chi connectivity index (χ0n) is 9.97. The van der Waals surface area contributed by atoms with Gasteiger partial charge < -0.3 is 5.32 Å². The Morgan fingerprint density at radius 1 is 1.42 bits per heavy atom. The molecule has 1 N–H and O–H groups in total. The van der Waals surface area contributed by atoms with Crippen LogP contribution in [0.1, 0.15) is 5.56 Å². The maximum absolute atomic E-state index is 11.9. The van der Waals surface area contributed by atoms with Gasteiger partial charge in [0.15, 0.2) is 9.84 Å². The lowest BCUT2D eigenvalue weighted by Crippen LogP contribution is -2.41. The molecule has 1 amide bonds. The smallest absolute Gasteiger partial charge is 0.224 e. The molecule has 4 nitrogen and oxygen atoms in total. The molecule has 0 aliphatic carbocycles. The third kappa shape index (κ3) is 4.19. The first kappa shape index (κ1) is 14.8. The van der Waals surface area contributed by atoms with Crippen molar-refractivity contribution in [2.45, 2.75) is 17.8 Å². The highest BCUT2D eigenvalue weighted by atomic mass is 79.9. The van der Waals surface area contributed by atoms with E-state index in [-0.39, 0.29) is 23.8 Å². The molecule has 19 heavy (non-hydrogen) atoms. The van der Waals surface area contributed by atoms with Crippen molar-refractivity contribution in [3.05, 3.63) is 34.3 Å². The molecule has 1 aromatic rings. The summed E-state index contributed by atoms with van der Waals surface area (Å²) in [7, 11) is -3.12. The summed E-state index contributed by atoms with van der Waals surface area (Å²) < 4.78 is 23.7. The summed E-state index contributed by atoms with van der Waals surface area (Å²) in [6, 6.07) is 6.92. The van der Waals surface area contributed by atoms with Crippen LogP contribution in [0.4, 0.5) is 0 Å². The van der Waals surface area contributed by atoms with Gasteiger partial charge in [0.05, 0.1) is 29.3 Å². The number of nitrogens with one attached hydrogen (secondary N) is 1. The molecule has 1 aromatic carbocycles. The SMILES string of the molecule is O=C(Cc1cccc(Br)c1)NC1CS(=O)(=O)CC1Cl. The molecule has 2 unspecified atom stereocenters. The van der Waals surface area contributed by atoms with Gasteiger partial charge in [0.1, 0.15) is 0 Å². The van der Waals surface area contributed by atoms with E-state index in [1.165, 1.54) is 0 Å². The van der Waals surface area contributed by atoms with Crippen molar-refractivity contribution in [3.8, 4) is 0 Å². The fourth-order valence-corrected chi connectivity index (χ4v) is 5.02. The van der Waals surface area contributed by atoms with Crippen LogP contribution in [0.15, 0.2) is 28.7 Å². The minimum atomic E-state index is -3.12. The average molecular weight is 367 g/mol. The average Bonchev–Trinajstić information content (AvgIpc) is 2.51. The molecule has 0 saturated carbocycles. The van der Waals surface area contributed by atoms with Crippen molar-refractivity contribution in [3.63, 3.8) is 0 Å². The monoisotopic (exact) mass is 365 g/mol. The molecule has 0 bridgehead atoms. The van der Waals surface area contributed by atoms with Gasteiger partial charge in [0.25, 0.3) is 0 Å². The summed E-state index contributed by atoms with van der Waals surface area (Å²) in [6.07, 6.45) is 0.208. The molecule has 0 spiro atoms. The molecule has 2 atom stereocenters. The number of hydrogen-bond donors (Lipinski definition) is 1. The zero-order chi connectivity index (χ0) is 14.0. The molecule has 0 aromatic heterocycles. The van der Waals surface area contributed by atoms with E-state index in [0.29, 0.717) is 0 Å². The van der Waals surface area contributed by atoms with Crippen LogP contribution >= 0.6 is 27.5 Å². The van der Waals surface area contributed by atoms with Crippen molar-refractivity contribution in [1.82, 2.24) is 5.32 Å². The van der Waals surface area contributed by atoms with Gasteiger partial charge >= 0.3 is 0 Å². The van der Waals surface area contributed by atoms with Crippen LogP contribution in [0.25, 0.3) is 0 Å². The lowest BCUT2D eigenvalue weighted by Gasteiger charge is -2.14. The number of halogens is 2. The highest BCUT2D eigenvalue weighted by Gasteiger charge is 2.37. The highest BCUT2D eigenvalue weighted by Crippen LogP contribution is 2.18. The Labute approximate surface area is 125 Å². The fraction of sp³-hybridized carbons (Fsp3) is 0.417. The van der Waals surface area contributed by atoms with Crippen LogP contribution in [0.3, 0.4) is 0 Å². The number of carbonyl (C=O) groups is 1. The predicted molar refractivity (Wildman–Crippen MR) is 78.1 cm³/mol. The second-order valence-corrected chi connectivity index (χ2v) is 8.20. The van der Waals surface area contributed by atoms with Gasteiger partial charge in [-0.2, -0.15) is 0 Å². The van der Waals surface area contributed by atoms with Crippen LogP contribution in [0.2, 0.25) is 0 Å². The molecule has 1 aliphatic rings. The minimum absolute atomic E-state index is 0.0730. The van der Waals surface area contributed by atoms with Crippen molar-refractivity contribution in [2.75, 3.05) is 11.5 Å². The van der Waals surface area contributed by atoms with Crippen molar-refractivity contribution in [2.24, 2.45) is 0 Å². The fourth-order valence-electron chi connectivity index (χ4n) is 2.03. The molecule has 104 valence electrons. The molecule has 7 heteroatoms. The molecule has 1 aliphatic heterocycles. The topological polar surface area (TPSA) is 63.2 Å². The molecular weight excluding hydrogens is 354 g/mol. The van der Waals surface area contributed by atoms with E-state index in [9.17, 15) is 13.2 Å². The number of hydrogen-bond acceptors (Lipinski definition) is 3. The molecule has 0 radical (unpaired) electrons. The van der Waals surface area contributed by atoms with Gasteiger partial charge in [-0.1, -0.05) is 28.1 Å². The number of amides is 1. The number of alkyl halides is 1. The normalized spacial score (nSPS) is 25.2. The molecule has 1 fully saturated rings. The van der Waals surface area contributed by atoms with Crippen LogP contribution < -0.4 is 5.32 Å². The maximum atomic E-state index is 11.9. The first-order valence-electron chi connectivity index (χ1n) is 5.74. The predicted octanol–water partition coefficient (Wildman–Crippen LogP) is 1.51. The van der Waals surface area contributed by atoms with Crippen molar-refractivity contribution < 1.29 is 13.2 Å². The van der Waals surface area contributed by atoms with Gasteiger partial charge in [-0.3, -0.25) is 4.79 Å². The van der Waals surface area contributed by atoms with Crippen molar-refractivity contribution >= 4 is 43.3 Å².